The molecule has 0 saturated heterocycles. The van der Waals surface area contributed by atoms with Crippen molar-refractivity contribution >= 4 is 17.9 Å². The number of hydrogen-bond acceptors (Lipinski definition) is 6. The van der Waals surface area contributed by atoms with Crippen molar-refractivity contribution in [2.24, 2.45) is 17.2 Å². The fourth-order valence-electron chi connectivity index (χ4n) is 1.61. The van der Waals surface area contributed by atoms with Crippen LogP contribution in [0.1, 0.15) is 90.4 Å². The smallest absolute Gasteiger partial charge is 0.335 e. The molecule has 0 atom stereocenters. The molecule has 9 N–H and O–H groups in total. The minimum atomic E-state index is -1.37. The van der Waals surface area contributed by atoms with E-state index in [9.17, 15) is 14.4 Å². The minimum absolute atomic E-state index is 0.368. The van der Waals surface area contributed by atoms with Crippen molar-refractivity contribution in [2.45, 2.75) is 59.3 Å². The first-order valence-electron chi connectivity index (χ1n) is 10.1. The van der Waals surface area contributed by atoms with Gasteiger partial charge in [-0.3, -0.25) is 0 Å². The zero-order valence-corrected chi connectivity index (χ0v) is 18.4. The molecule has 0 amide bonds. The molecule has 0 radical (unpaired) electrons. The number of benzene rings is 1. The third-order valence-electron chi connectivity index (χ3n) is 3.35. The van der Waals surface area contributed by atoms with E-state index in [2.05, 4.69) is 20.8 Å². The average Bonchev–Trinajstić information content (AvgIpc) is 2.71. The van der Waals surface area contributed by atoms with Gasteiger partial charge in [0.15, 0.2) is 0 Å². The lowest BCUT2D eigenvalue weighted by molar-refractivity contribution is 0.0696. The lowest BCUT2D eigenvalue weighted by Gasteiger charge is -2.00. The molecule has 9 nitrogen and oxygen atoms in total. The van der Waals surface area contributed by atoms with Crippen LogP contribution >= 0.6 is 0 Å². The van der Waals surface area contributed by atoms with Gasteiger partial charge in [-0.2, -0.15) is 0 Å². The molecule has 1 rings (SSSR count). The Balaban J connectivity index is -0.000000400. The highest BCUT2D eigenvalue weighted by Gasteiger charge is 2.14. The van der Waals surface area contributed by atoms with E-state index < -0.39 is 17.9 Å². The number of carboxylic acids is 3. The van der Waals surface area contributed by atoms with Gasteiger partial charge in [0.05, 0.1) is 16.7 Å². The Morgan fingerprint density at radius 3 is 0.867 bits per heavy atom. The zero-order valence-electron chi connectivity index (χ0n) is 18.4. The van der Waals surface area contributed by atoms with Crippen LogP contribution in [0, 0.1) is 0 Å². The van der Waals surface area contributed by atoms with Gasteiger partial charge in [0, 0.05) is 0 Å². The summed E-state index contributed by atoms with van der Waals surface area (Å²) in [5.74, 6) is -4.12. The van der Waals surface area contributed by atoms with Crippen LogP contribution in [0.2, 0.25) is 0 Å². The zero-order chi connectivity index (χ0) is 23.9. The third kappa shape index (κ3) is 20.2. The van der Waals surface area contributed by atoms with E-state index in [0.717, 1.165) is 37.8 Å². The van der Waals surface area contributed by atoms with E-state index in [1.807, 2.05) is 0 Å². The van der Waals surface area contributed by atoms with E-state index in [4.69, 9.17) is 32.5 Å². The van der Waals surface area contributed by atoms with Crippen LogP contribution in [0.5, 0.6) is 0 Å². The Kier molecular flexibility index (Phi) is 24.5. The Morgan fingerprint density at radius 2 is 0.800 bits per heavy atom. The number of unbranched alkanes of at least 4 members (excludes halogenated alkanes) is 3. The summed E-state index contributed by atoms with van der Waals surface area (Å²) in [5.41, 5.74) is 14.3. The monoisotopic (exact) mass is 429 g/mol. The molecule has 1 aromatic rings. The standard InChI is InChI=1S/C9H6O6.3C4H11N/c10-7(11)4-1-5(8(12)13)3-6(2-4)9(14)15;3*1-2-3-4-5/h1-3H,(H,10,11)(H,12,13)(H,14,15);3*2-5H2,1H3. The number of carboxylic acid groups (broad SMARTS) is 3. The van der Waals surface area contributed by atoms with E-state index in [1.165, 1.54) is 38.5 Å². The fraction of sp³-hybridized carbons (Fsp3) is 0.571. The molecule has 0 unspecified atom stereocenters. The molecule has 0 aliphatic carbocycles. The first kappa shape index (κ1) is 32.2. The van der Waals surface area contributed by atoms with Crippen LogP contribution < -0.4 is 17.2 Å². The largest absolute Gasteiger partial charge is 0.478 e. The van der Waals surface area contributed by atoms with Gasteiger partial charge in [-0.15, -0.1) is 0 Å². The lowest BCUT2D eigenvalue weighted by atomic mass is 10.1. The second-order valence-electron chi connectivity index (χ2n) is 6.14. The van der Waals surface area contributed by atoms with Gasteiger partial charge >= 0.3 is 17.9 Å². The number of aromatic carboxylic acids is 3. The summed E-state index contributed by atoms with van der Waals surface area (Å²) < 4.78 is 0. The molecule has 30 heavy (non-hydrogen) atoms. The molecule has 0 bridgehead atoms. The van der Waals surface area contributed by atoms with Gasteiger partial charge < -0.3 is 32.5 Å². The van der Waals surface area contributed by atoms with Gasteiger partial charge in [0.25, 0.3) is 0 Å². The molecule has 0 fully saturated rings. The van der Waals surface area contributed by atoms with Crippen molar-refractivity contribution < 1.29 is 29.7 Å². The fourth-order valence-corrected chi connectivity index (χ4v) is 1.61. The average molecular weight is 430 g/mol. The van der Waals surface area contributed by atoms with Crippen LogP contribution in [-0.4, -0.2) is 52.9 Å². The second-order valence-corrected chi connectivity index (χ2v) is 6.14. The molecular formula is C21H39N3O6. The van der Waals surface area contributed by atoms with Gasteiger partial charge in [-0.05, 0) is 57.1 Å². The molecule has 0 aromatic heterocycles. The summed E-state index contributed by atoms with van der Waals surface area (Å²) in [7, 11) is 0. The van der Waals surface area contributed by atoms with Crippen LogP contribution in [0.25, 0.3) is 0 Å². The number of nitrogens with two attached hydrogens (primary N) is 3. The molecule has 0 heterocycles. The SMILES string of the molecule is CCCCN.CCCCN.CCCCN.O=C(O)c1cc(C(=O)O)cc(C(=O)O)c1. The summed E-state index contributed by atoms with van der Waals surface area (Å²) in [5, 5.41) is 25.8. The normalized spacial score (nSPS) is 9.00. The van der Waals surface area contributed by atoms with E-state index in [1.54, 1.807) is 0 Å². The first-order chi connectivity index (χ1) is 14.2. The van der Waals surface area contributed by atoms with Gasteiger partial charge in [-0.1, -0.05) is 40.0 Å². The van der Waals surface area contributed by atoms with Gasteiger partial charge in [-0.25, -0.2) is 14.4 Å². The maximum absolute atomic E-state index is 10.6. The Labute approximate surface area is 179 Å². The molecule has 174 valence electrons. The van der Waals surface area contributed by atoms with Crippen LogP contribution in [0.4, 0.5) is 0 Å². The molecule has 0 saturated carbocycles. The lowest BCUT2D eigenvalue weighted by Crippen LogP contribution is -2.07. The van der Waals surface area contributed by atoms with Crippen molar-refractivity contribution in [1.82, 2.24) is 0 Å². The number of rotatable bonds is 9. The van der Waals surface area contributed by atoms with E-state index >= 15 is 0 Å². The summed E-state index contributed by atoms with van der Waals surface area (Å²) in [6, 6.07) is 2.70. The number of hydrogen-bond donors (Lipinski definition) is 6. The summed E-state index contributed by atoms with van der Waals surface area (Å²) in [4.78, 5) is 31.7. The second kappa shape index (κ2) is 22.8. The predicted octanol–water partition coefficient (Wildman–Crippen LogP) is 3.02. The molecule has 9 heteroatoms. The van der Waals surface area contributed by atoms with Crippen molar-refractivity contribution in [2.75, 3.05) is 19.6 Å². The maximum Gasteiger partial charge on any atom is 0.335 e. The number of carbonyl (C=O) groups is 3. The van der Waals surface area contributed by atoms with E-state index in [-0.39, 0.29) is 16.7 Å². The molecular weight excluding hydrogens is 390 g/mol. The predicted molar refractivity (Wildman–Crippen MR) is 119 cm³/mol. The molecule has 0 aliphatic heterocycles. The Bertz CT molecular complexity index is 495. The van der Waals surface area contributed by atoms with Crippen molar-refractivity contribution in [3.63, 3.8) is 0 Å². The summed E-state index contributed by atoms with van der Waals surface area (Å²) in [6.07, 6.45) is 7.16. The third-order valence-corrected chi connectivity index (χ3v) is 3.35. The molecule has 0 aliphatic rings. The Morgan fingerprint density at radius 1 is 0.600 bits per heavy atom. The summed E-state index contributed by atoms with van der Waals surface area (Å²) in [6.45, 7) is 8.93. The van der Waals surface area contributed by atoms with Crippen LogP contribution in [0.3, 0.4) is 0 Å². The molecule has 0 spiro atoms. The van der Waals surface area contributed by atoms with Crippen molar-refractivity contribution in [3.8, 4) is 0 Å². The quantitative estimate of drug-likeness (QED) is 0.342. The minimum Gasteiger partial charge on any atom is -0.478 e. The van der Waals surface area contributed by atoms with E-state index in [0.29, 0.717) is 0 Å². The highest BCUT2D eigenvalue weighted by molar-refractivity contribution is 5.98. The van der Waals surface area contributed by atoms with Gasteiger partial charge in [0.2, 0.25) is 0 Å². The van der Waals surface area contributed by atoms with Crippen molar-refractivity contribution in [3.05, 3.63) is 34.9 Å². The Hall–Kier alpha value is -2.49. The first-order valence-corrected chi connectivity index (χ1v) is 10.1. The highest BCUT2D eigenvalue weighted by Crippen LogP contribution is 2.11. The summed E-state index contributed by atoms with van der Waals surface area (Å²) >= 11 is 0. The van der Waals surface area contributed by atoms with Gasteiger partial charge in [0.1, 0.15) is 0 Å². The highest BCUT2D eigenvalue weighted by atomic mass is 16.4. The maximum atomic E-state index is 10.6. The van der Waals surface area contributed by atoms with Crippen molar-refractivity contribution in [1.29, 1.82) is 0 Å². The van der Waals surface area contributed by atoms with Crippen LogP contribution in [-0.2, 0) is 0 Å². The van der Waals surface area contributed by atoms with Crippen LogP contribution in [0.15, 0.2) is 18.2 Å². The topological polar surface area (TPSA) is 190 Å². The molecule has 1 aromatic carbocycles.